The van der Waals surface area contributed by atoms with Crippen molar-refractivity contribution in [3.05, 3.63) is 74.9 Å². The predicted octanol–water partition coefficient (Wildman–Crippen LogP) is 4.52. The van der Waals surface area contributed by atoms with Crippen molar-refractivity contribution >= 4 is 51.9 Å². The molecular weight excluding hydrogens is 591 g/mol. The number of halogens is 4. The maximum Gasteiger partial charge on any atom is 0.200 e. The van der Waals surface area contributed by atoms with Crippen LogP contribution in [0, 0.1) is 18.6 Å². The molecule has 35 heavy (non-hydrogen) atoms. The summed E-state index contributed by atoms with van der Waals surface area (Å²) in [6.45, 7) is 2.53. The minimum atomic E-state index is -1.03. The third kappa shape index (κ3) is 4.74. The molecule has 8 nitrogen and oxygen atoms in total. The Bertz CT molecular complexity index is 1530. The van der Waals surface area contributed by atoms with Gasteiger partial charge in [0.15, 0.2) is 17.4 Å². The molecule has 0 unspecified atom stereocenters. The van der Waals surface area contributed by atoms with Crippen LogP contribution >= 0.6 is 32.3 Å². The number of benzene rings is 2. The standard InChI is InChI=1S/C23H19ClF2IN7O/c1-13-16-5-3-14(9-18(16)33(30-13)12-17-23(24)28-8-7-27-17)10-20-29-31-32-34(20)11-15-4-6-19(35-2)22(26)21(15)25/h3-9H,10-12H2,1-2H3. The molecule has 0 amide bonds. The number of hydrogen-bond donors (Lipinski definition) is 0. The van der Waals surface area contributed by atoms with Crippen molar-refractivity contribution in [1.29, 1.82) is 0 Å². The van der Waals surface area contributed by atoms with Crippen LogP contribution in [0.15, 0.2) is 45.6 Å². The number of aliphatic imine (C=N–C) groups is 1. The first-order valence-corrected chi connectivity index (χ1v) is 13.2. The van der Waals surface area contributed by atoms with Crippen molar-refractivity contribution in [3.63, 3.8) is 0 Å². The van der Waals surface area contributed by atoms with E-state index in [0.717, 1.165) is 25.7 Å². The van der Waals surface area contributed by atoms with Crippen LogP contribution in [0.5, 0.6) is 5.75 Å². The summed E-state index contributed by atoms with van der Waals surface area (Å²) in [6, 6.07) is 8.91. The molecule has 0 N–H and O–H groups in total. The monoisotopic (exact) mass is 609 g/mol. The van der Waals surface area contributed by atoms with Gasteiger partial charge in [-0.1, -0.05) is 50.5 Å². The Labute approximate surface area is 214 Å². The van der Waals surface area contributed by atoms with E-state index >= 15 is 0 Å². The number of tetrazole rings is 1. The third-order valence-electron chi connectivity index (χ3n) is 5.59. The lowest BCUT2D eigenvalue weighted by Crippen LogP contribution is -2.16. The quantitative estimate of drug-likeness (QED) is 0.288. The van der Waals surface area contributed by atoms with E-state index in [-0.39, 0.29) is 38.6 Å². The second kappa shape index (κ2) is 9.90. The lowest BCUT2D eigenvalue weighted by atomic mass is 10.1. The molecule has 3 heterocycles. The maximum absolute atomic E-state index is 14.5. The van der Waals surface area contributed by atoms with Gasteiger partial charge in [0, 0.05) is 27.1 Å². The van der Waals surface area contributed by atoms with Crippen LogP contribution in [-0.2, 0) is 19.5 Å². The van der Waals surface area contributed by atoms with Crippen LogP contribution in [0.3, 0.4) is 0 Å². The van der Waals surface area contributed by atoms with Crippen LogP contribution in [0.25, 0.3) is 10.9 Å². The zero-order chi connectivity index (χ0) is 24.5. The SMILES string of the molecule is COc1ccc(Cn2nnnc2Cc2ccc3c(C)nn(CC4=IC=CN=C4Cl)c3c2)c(F)c1F. The Morgan fingerprint density at radius 2 is 1.94 bits per heavy atom. The smallest absolute Gasteiger partial charge is 0.200 e. The van der Waals surface area contributed by atoms with Crippen LogP contribution < -0.4 is 4.74 Å². The summed E-state index contributed by atoms with van der Waals surface area (Å²) in [5.41, 5.74) is 2.98. The molecule has 4 aromatic rings. The first kappa shape index (κ1) is 23.7. The molecule has 0 atom stereocenters. The van der Waals surface area contributed by atoms with Crippen molar-refractivity contribution in [2.45, 2.75) is 26.4 Å². The van der Waals surface area contributed by atoms with Gasteiger partial charge in [0.1, 0.15) is 5.17 Å². The number of aromatic nitrogens is 6. The van der Waals surface area contributed by atoms with Gasteiger partial charge in [0.2, 0.25) is 5.82 Å². The summed E-state index contributed by atoms with van der Waals surface area (Å²) >= 11 is 5.98. The highest BCUT2D eigenvalue weighted by molar-refractivity contribution is 14.2. The molecule has 0 aliphatic carbocycles. The minimum absolute atomic E-state index is 0.0122. The Hall–Kier alpha value is -3.06. The number of rotatable bonds is 7. The molecule has 0 saturated carbocycles. The van der Waals surface area contributed by atoms with E-state index in [1.165, 1.54) is 23.9 Å². The number of hydrogen-bond acceptors (Lipinski definition) is 6. The molecule has 2 aromatic carbocycles. The van der Waals surface area contributed by atoms with Crippen LogP contribution in [-0.4, -0.2) is 45.8 Å². The van der Waals surface area contributed by atoms with Gasteiger partial charge >= 0.3 is 0 Å². The van der Waals surface area contributed by atoms with E-state index in [2.05, 4.69) is 24.6 Å². The van der Waals surface area contributed by atoms with Gasteiger partial charge in [0.05, 0.1) is 31.4 Å². The van der Waals surface area contributed by atoms with Gasteiger partial charge in [-0.15, -0.1) is 5.10 Å². The Morgan fingerprint density at radius 1 is 1.09 bits per heavy atom. The van der Waals surface area contributed by atoms with Gasteiger partial charge in [0.25, 0.3) is 0 Å². The fraction of sp³-hybridized carbons (Fsp3) is 0.217. The average Bonchev–Trinajstić information content (AvgIpc) is 3.42. The van der Waals surface area contributed by atoms with E-state index in [9.17, 15) is 8.78 Å². The first-order valence-electron chi connectivity index (χ1n) is 10.5. The van der Waals surface area contributed by atoms with Gasteiger partial charge in [-0.3, -0.25) is 4.68 Å². The van der Waals surface area contributed by atoms with E-state index in [1.54, 1.807) is 6.20 Å². The molecule has 5 rings (SSSR count). The summed E-state index contributed by atoms with van der Waals surface area (Å²) in [5, 5.41) is 18.1. The van der Waals surface area contributed by atoms with Crippen LogP contribution in [0.1, 0.15) is 22.6 Å². The summed E-state index contributed by atoms with van der Waals surface area (Å²) in [6.07, 6.45) is 2.15. The largest absolute Gasteiger partial charge is 0.494 e. The zero-order valence-corrected chi connectivity index (χ0v) is 21.6. The fourth-order valence-electron chi connectivity index (χ4n) is 3.83. The topological polar surface area (TPSA) is 83.0 Å². The predicted molar refractivity (Wildman–Crippen MR) is 139 cm³/mol. The van der Waals surface area contributed by atoms with Gasteiger partial charge < -0.3 is 4.74 Å². The van der Waals surface area contributed by atoms with Crippen molar-refractivity contribution in [2.24, 2.45) is 4.99 Å². The molecule has 0 fully saturated rings. The van der Waals surface area contributed by atoms with Crippen molar-refractivity contribution in [3.8, 4) is 5.75 Å². The summed E-state index contributed by atoms with van der Waals surface area (Å²) in [5.74, 6) is -1.64. The number of aryl methyl sites for hydroxylation is 1. The Morgan fingerprint density at radius 3 is 2.74 bits per heavy atom. The number of fused-ring (bicyclic) bond motifs is 1. The normalized spacial score (nSPS) is 13.5. The number of nitrogens with zero attached hydrogens (tertiary/aromatic N) is 7. The van der Waals surface area contributed by atoms with E-state index in [0.29, 0.717) is 24.0 Å². The zero-order valence-electron chi connectivity index (χ0n) is 18.7. The fourth-order valence-corrected chi connectivity index (χ4v) is 5.89. The van der Waals surface area contributed by atoms with E-state index in [1.807, 2.05) is 29.8 Å². The van der Waals surface area contributed by atoms with Crippen LogP contribution in [0.2, 0.25) is 0 Å². The average molecular weight is 610 g/mol. The molecule has 1 aliphatic heterocycles. The first-order chi connectivity index (χ1) is 16.9. The maximum atomic E-state index is 14.5. The highest BCUT2D eigenvalue weighted by atomic mass is 127. The second-order valence-corrected chi connectivity index (χ2v) is 10.8. The summed E-state index contributed by atoms with van der Waals surface area (Å²) in [4.78, 5) is 4.20. The molecule has 0 bridgehead atoms. The number of methoxy groups -OCH3 is 1. The molecule has 1 aliphatic rings. The lowest BCUT2D eigenvalue weighted by Gasteiger charge is -2.10. The van der Waals surface area contributed by atoms with Crippen molar-refractivity contribution in [1.82, 2.24) is 30.0 Å². The molecule has 0 spiro atoms. The number of ether oxygens (including phenoxy) is 1. The molecular formula is C23H19ClF2IN7O. The van der Waals surface area contributed by atoms with E-state index < -0.39 is 11.6 Å². The van der Waals surface area contributed by atoms with Crippen LogP contribution in [0.4, 0.5) is 8.78 Å². The van der Waals surface area contributed by atoms with E-state index in [4.69, 9.17) is 21.4 Å². The minimum Gasteiger partial charge on any atom is -0.494 e. The Balaban J connectivity index is 1.42. The molecule has 12 heteroatoms. The highest BCUT2D eigenvalue weighted by Crippen LogP contribution is 2.25. The Kier molecular flexibility index (Phi) is 6.69. The molecule has 2 aromatic heterocycles. The van der Waals surface area contributed by atoms with Crippen molar-refractivity contribution in [2.75, 3.05) is 7.11 Å². The molecule has 180 valence electrons. The third-order valence-corrected chi connectivity index (χ3v) is 8.52. The highest BCUT2D eigenvalue weighted by Gasteiger charge is 2.18. The lowest BCUT2D eigenvalue weighted by molar-refractivity contribution is 0.369. The summed E-state index contributed by atoms with van der Waals surface area (Å²) < 4.78 is 40.0. The van der Waals surface area contributed by atoms with Gasteiger partial charge in [-0.2, -0.15) is 9.49 Å². The van der Waals surface area contributed by atoms with Crippen molar-refractivity contribution < 1.29 is 13.5 Å². The summed E-state index contributed by atoms with van der Waals surface area (Å²) in [7, 11) is 1.29. The molecule has 0 radical (unpaired) electrons. The second-order valence-electron chi connectivity index (χ2n) is 7.79. The van der Waals surface area contributed by atoms with Gasteiger partial charge in [-0.25, -0.2) is 14.1 Å². The van der Waals surface area contributed by atoms with Gasteiger partial charge in [-0.05, 0) is 39.1 Å². The molecule has 0 saturated heterocycles.